The van der Waals surface area contributed by atoms with Gasteiger partial charge in [0, 0.05) is 18.2 Å². The van der Waals surface area contributed by atoms with E-state index in [-0.39, 0.29) is 24.1 Å². The van der Waals surface area contributed by atoms with Crippen molar-refractivity contribution in [3.8, 4) is 0 Å². The lowest BCUT2D eigenvalue weighted by atomic mass is 10.2. The average Bonchev–Trinajstić information content (AvgIpc) is 3.35. The Morgan fingerprint density at radius 3 is 2.89 bits per heavy atom. The zero-order valence-corrected chi connectivity index (χ0v) is 15.8. The number of halogens is 1. The lowest BCUT2D eigenvalue weighted by Gasteiger charge is -2.11. The second-order valence-electron chi connectivity index (χ2n) is 6.66. The Labute approximate surface area is 165 Å². The highest BCUT2D eigenvalue weighted by molar-refractivity contribution is 6.30. The Bertz CT molecular complexity index is 1040. The maximum Gasteiger partial charge on any atom is 0.283 e. The fourth-order valence-corrected chi connectivity index (χ4v) is 3.24. The van der Waals surface area contributed by atoms with Crippen LogP contribution >= 0.6 is 11.6 Å². The number of amides is 1. The highest BCUT2D eigenvalue weighted by Crippen LogP contribution is 2.12. The number of ether oxygens (including phenoxy) is 1. The van der Waals surface area contributed by atoms with Gasteiger partial charge in [0.25, 0.3) is 5.56 Å². The van der Waals surface area contributed by atoms with Crippen LogP contribution in [0.3, 0.4) is 0 Å². The summed E-state index contributed by atoms with van der Waals surface area (Å²) in [5, 5.41) is 11.4. The third-order valence-electron chi connectivity index (χ3n) is 4.60. The minimum absolute atomic E-state index is 0.0500. The molecule has 10 heteroatoms. The van der Waals surface area contributed by atoms with E-state index >= 15 is 0 Å². The quantitative estimate of drug-likeness (QED) is 0.659. The number of hydrogen-bond donors (Lipinski definition) is 1. The second kappa shape index (κ2) is 8.07. The van der Waals surface area contributed by atoms with Crippen molar-refractivity contribution >= 4 is 28.7 Å². The Hall–Kier alpha value is -2.78. The van der Waals surface area contributed by atoms with Gasteiger partial charge in [0.2, 0.25) is 5.91 Å². The summed E-state index contributed by atoms with van der Waals surface area (Å²) in [6, 6.07) is 7.31. The maximum atomic E-state index is 12.6. The molecular formula is C18H19ClN6O3. The molecule has 1 aromatic carbocycles. The van der Waals surface area contributed by atoms with Crippen molar-refractivity contribution in [3.63, 3.8) is 0 Å². The molecule has 1 amide bonds. The Morgan fingerprint density at radius 1 is 1.32 bits per heavy atom. The van der Waals surface area contributed by atoms with Gasteiger partial charge in [-0.1, -0.05) is 28.9 Å². The van der Waals surface area contributed by atoms with E-state index in [0.29, 0.717) is 23.8 Å². The first-order valence-electron chi connectivity index (χ1n) is 9.01. The number of fused-ring (bicyclic) bond motifs is 1. The average molecular weight is 403 g/mol. The molecule has 28 heavy (non-hydrogen) atoms. The van der Waals surface area contributed by atoms with Gasteiger partial charge in [-0.05, 0) is 30.5 Å². The molecule has 146 valence electrons. The molecule has 3 aromatic rings. The van der Waals surface area contributed by atoms with Crippen molar-refractivity contribution in [3.05, 3.63) is 51.5 Å². The standard InChI is InChI=1S/C18H19ClN6O3/c19-13-5-3-12(4-6-13)9-25-17-16(22-23-25)18(27)24(11-21-17)10-15(26)20-8-14-2-1-7-28-14/h3-6,11,14H,1-2,7-10H2,(H,20,26)/t14-/m1/s1. The molecule has 0 saturated carbocycles. The van der Waals surface area contributed by atoms with Gasteiger partial charge in [-0.25, -0.2) is 9.67 Å². The van der Waals surface area contributed by atoms with E-state index in [2.05, 4.69) is 20.6 Å². The molecule has 1 saturated heterocycles. The zero-order chi connectivity index (χ0) is 19.5. The fourth-order valence-electron chi connectivity index (χ4n) is 3.11. The van der Waals surface area contributed by atoms with E-state index in [1.165, 1.54) is 10.9 Å². The van der Waals surface area contributed by atoms with Crippen LogP contribution in [-0.4, -0.2) is 49.7 Å². The smallest absolute Gasteiger partial charge is 0.283 e. The number of rotatable bonds is 6. The van der Waals surface area contributed by atoms with Gasteiger partial charge in [0.05, 0.1) is 12.6 Å². The van der Waals surface area contributed by atoms with Crippen molar-refractivity contribution in [1.29, 1.82) is 0 Å². The summed E-state index contributed by atoms with van der Waals surface area (Å²) in [5.41, 5.74) is 1.05. The number of hydrogen-bond acceptors (Lipinski definition) is 6. The van der Waals surface area contributed by atoms with E-state index in [9.17, 15) is 9.59 Å². The zero-order valence-electron chi connectivity index (χ0n) is 15.0. The largest absolute Gasteiger partial charge is 0.376 e. The first kappa shape index (κ1) is 18.6. The molecule has 1 aliphatic rings. The number of aromatic nitrogens is 5. The van der Waals surface area contributed by atoms with Gasteiger partial charge in [0.1, 0.15) is 12.9 Å². The summed E-state index contributed by atoms with van der Waals surface area (Å²) in [4.78, 5) is 29.0. The van der Waals surface area contributed by atoms with Gasteiger partial charge in [-0.3, -0.25) is 14.2 Å². The molecular weight excluding hydrogens is 384 g/mol. The fraction of sp³-hybridized carbons (Fsp3) is 0.389. The van der Waals surface area contributed by atoms with Gasteiger partial charge in [-0.15, -0.1) is 5.10 Å². The number of carbonyl (C=O) groups is 1. The molecule has 9 nitrogen and oxygen atoms in total. The minimum Gasteiger partial charge on any atom is -0.376 e. The number of benzene rings is 1. The van der Waals surface area contributed by atoms with Crippen molar-refractivity contribution in [2.45, 2.75) is 32.0 Å². The van der Waals surface area contributed by atoms with Gasteiger partial charge in [0.15, 0.2) is 11.2 Å². The van der Waals surface area contributed by atoms with Gasteiger partial charge in [-0.2, -0.15) is 0 Å². The molecule has 0 radical (unpaired) electrons. The van der Waals surface area contributed by atoms with E-state index in [4.69, 9.17) is 16.3 Å². The summed E-state index contributed by atoms with van der Waals surface area (Å²) >= 11 is 5.90. The van der Waals surface area contributed by atoms with E-state index in [1.54, 1.807) is 16.8 Å². The van der Waals surface area contributed by atoms with Crippen LogP contribution in [0.2, 0.25) is 5.02 Å². The molecule has 1 atom stereocenters. The molecule has 4 rings (SSSR count). The first-order chi connectivity index (χ1) is 13.6. The summed E-state index contributed by atoms with van der Waals surface area (Å²) in [5.74, 6) is -0.271. The summed E-state index contributed by atoms with van der Waals surface area (Å²) in [6.45, 7) is 1.46. The highest BCUT2D eigenvalue weighted by atomic mass is 35.5. The normalized spacial score (nSPS) is 16.5. The second-order valence-corrected chi connectivity index (χ2v) is 7.10. The first-order valence-corrected chi connectivity index (χ1v) is 9.39. The Kier molecular flexibility index (Phi) is 5.36. The molecule has 1 N–H and O–H groups in total. The number of carbonyl (C=O) groups excluding carboxylic acids is 1. The molecule has 0 bridgehead atoms. The Balaban J connectivity index is 1.47. The maximum absolute atomic E-state index is 12.6. The predicted octanol–water partition coefficient (Wildman–Crippen LogP) is 0.985. The third kappa shape index (κ3) is 4.05. The van der Waals surface area contributed by atoms with Crippen LogP contribution < -0.4 is 10.9 Å². The summed E-state index contributed by atoms with van der Waals surface area (Å²) < 4.78 is 8.24. The van der Waals surface area contributed by atoms with Crippen LogP contribution in [0.5, 0.6) is 0 Å². The van der Waals surface area contributed by atoms with Gasteiger partial charge >= 0.3 is 0 Å². The lowest BCUT2D eigenvalue weighted by Crippen LogP contribution is -2.36. The SMILES string of the molecule is O=C(Cn1cnc2c(nnn2Cc2ccc(Cl)cc2)c1=O)NC[C@H]1CCCO1. The van der Waals surface area contributed by atoms with Crippen LogP contribution in [-0.2, 0) is 22.6 Å². The number of nitrogens with one attached hydrogen (secondary N) is 1. The van der Waals surface area contributed by atoms with Crippen molar-refractivity contribution < 1.29 is 9.53 Å². The molecule has 1 aliphatic heterocycles. The van der Waals surface area contributed by atoms with Crippen LogP contribution in [0.25, 0.3) is 11.2 Å². The monoisotopic (exact) mass is 402 g/mol. The molecule has 2 aromatic heterocycles. The summed E-state index contributed by atoms with van der Waals surface area (Å²) in [6.07, 6.45) is 3.34. The Morgan fingerprint density at radius 2 is 2.14 bits per heavy atom. The molecule has 0 spiro atoms. The van der Waals surface area contributed by atoms with Crippen LogP contribution in [0.4, 0.5) is 0 Å². The summed E-state index contributed by atoms with van der Waals surface area (Å²) in [7, 11) is 0. The molecule has 0 unspecified atom stereocenters. The number of nitrogens with zero attached hydrogens (tertiary/aromatic N) is 5. The lowest BCUT2D eigenvalue weighted by molar-refractivity contribution is -0.122. The minimum atomic E-state index is -0.403. The third-order valence-corrected chi connectivity index (χ3v) is 4.85. The van der Waals surface area contributed by atoms with Gasteiger partial charge < -0.3 is 10.1 Å². The molecule has 0 aliphatic carbocycles. The van der Waals surface area contributed by atoms with Crippen LogP contribution in [0.15, 0.2) is 35.4 Å². The molecule has 1 fully saturated rings. The van der Waals surface area contributed by atoms with Crippen molar-refractivity contribution in [2.24, 2.45) is 0 Å². The van der Waals surface area contributed by atoms with E-state index < -0.39 is 5.56 Å². The van der Waals surface area contributed by atoms with Crippen molar-refractivity contribution in [2.75, 3.05) is 13.2 Å². The van der Waals surface area contributed by atoms with E-state index in [0.717, 1.165) is 25.0 Å². The molecule has 3 heterocycles. The highest BCUT2D eigenvalue weighted by Gasteiger charge is 2.17. The van der Waals surface area contributed by atoms with Crippen LogP contribution in [0, 0.1) is 0 Å². The predicted molar refractivity (Wildman–Crippen MR) is 102 cm³/mol. The van der Waals surface area contributed by atoms with Crippen LogP contribution in [0.1, 0.15) is 18.4 Å². The van der Waals surface area contributed by atoms with Crippen molar-refractivity contribution in [1.82, 2.24) is 29.9 Å². The van der Waals surface area contributed by atoms with E-state index in [1.807, 2.05) is 12.1 Å². The topological polar surface area (TPSA) is 104 Å².